The molecular formula is C21H18N2O4. The fourth-order valence-corrected chi connectivity index (χ4v) is 2.57. The first-order chi connectivity index (χ1) is 13.0. The quantitative estimate of drug-likeness (QED) is 0.679. The number of fused-ring (bicyclic) bond motifs is 1. The van der Waals surface area contributed by atoms with Gasteiger partial charge in [0.2, 0.25) is 5.91 Å². The van der Waals surface area contributed by atoms with Crippen molar-refractivity contribution in [3.63, 3.8) is 0 Å². The van der Waals surface area contributed by atoms with Crippen LogP contribution in [0, 0.1) is 0 Å². The Labute approximate surface area is 156 Å². The topological polar surface area (TPSA) is 84.5 Å². The van der Waals surface area contributed by atoms with Crippen LogP contribution < -0.4 is 10.6 Å². The molecule has 6 nitrogen and oxygen atoms in total. The van der Waals surface area contributed by atoms with Crippen LogP contribution in [0.25, 0.3) is 10.8 Å². The van der Waals surface area contributed by atoms with Gasteiger partial charge in [-0.2, -0.15) is 0 Å². The number of anilines is 2. The van der Waals surface area contributed by atoms with E-state index in [1.807, 2.05) is 36.4 Å². The maximum atomic E-state index is 12.0. The van der Waals surface area contributed by atoms with E-state index in [-0.39, 0.29) is 12.5 Å². The van der Waals surface area contributed by atoms with E-state index in [0.717, 1.165) is 10.8 Å². The lowest BCUT2D eigenvalue weighted by Crippen LogP contribution is -2.20. The number of benzene rings is 3. The van der Waals surface area contributed by atoms with Crippen LogP contribution in [0.1, 0.15) is 17.3 Å². The molecule has 0 radical (unpaired) electrons. The lowest BCUT2D eigenvalue weighted by Gasteiger charge is -2.08. The Kier molecular flexibility index (Phi) is 5.47. The number of carbonyl (C=O) groups excluding carboxylic acids is 3. The molecule has 2 N–H and O–H groups in total. The van der Waals surface area contributed by atoms with Crippen LogP contribution in [0.5, 0.6) is 0 Å². The van der Waals surface area contributed by atoms with Crippen molar-refractivity contribution in [3.05, 3.63) is 72.3 Å². The fraction of sp³-hybridized carbons (Fsp3) is 0.0952. The number of rotatable bonds is 5. The Morgan fingerprint density at radius 2 is 1.48 bits per heavy atom. The Bertz CT molecular complexity index is 996. The summed E-state index contributed by atoms with van der Waals surface area (Å²) in [7, 11) is 0. The summed E-state index contributed by atoms with van der Waals surface area (Å²) in [5, 5.41) is 7.39. The number of hydrogen-bond donors (Lipinski definition) is 2. The molecule has 2 amide bonds. The predicted octanol–water partition coefficient (Wildman–Crippen LogP) is 3.59. The summed E-state index contributed by atoms with van der Waals surface area (Å²) in [4.78, 5) is 35.0. The van der Waals surface area contributed by atoms with Crippen molar-refractivity contribution in [3.8, 4) is 0 Å². The first-order valence-electron chi connectivity index (χ1n) is 8.35. The molecule has 0 aromatic heterocycles. The van der Waals surface area contributed by atoms with Gasteiger partial charge < -0.3 is 15.4 Å². The van der Waals surface area contributed by atoms with Crippen molar-refractivity contribution in [2.24, 2.45) is 0 Å². The van der Waals surface area contributed by atoms with E-state index in [0.29, 0.717) is 16.9 Å². The molecule has 136 valence electrons. The second-order valence-corrected chi connectivity index (χ2v) is 5.94. The van der Waals surface area contributed by atoms with Crippen LogP contribution in [0.4, 0.5) is 11.4 Å². The number of ether oxygens (including phenoxy) is 1. The predicted molar refractivity (Wildman–Crippen MR) is 104 cm³/mol. The van der Waals surface area contributed by atoms with E-state index in [1.165, 1.54) is 19.1 Å². The molecule has 0 aliphatic heterocycles. The average molecular weight is 362 g/mol. The minimum absolute atomic E-state index is 0.198. The molecule has 0 unspecified atom stereocenters. The lowest BCUT2D eigenvalue weighted by atomic mass is 10.1. The first kappa shape index (κ1) is 18.1. The van der Waals surface area contributed by atoms with Gasteiger partial charge >= 0.3 is 5.97 Å². The van der Waals surface area contributed by atoms with Gasteiger partial charge in [0, 0.05) is 18.3 Å². The van der Waals surface area contributed by atoms with E-state index < -0.39 is 11.9 Å². The second kappa shape index (κ2) is 8.14. The summed E-state index contributed by atoms with van der Waals surface area (Å²) in [6.07, 6.45) is 0. The summed E-state index contributed by atoms with van der Waals surface area (Å²) in [5.41, 5.74) is 1.50. The highest BCUT2D eigenvalue weighted by atomic mass is 16.5. The number of nitrogens with one attached hydrogen (secondary N) is 2. The molecule has 0 saturated carbocycles. The molecule has 0 fully saturated rings. The molecule has 0 saturated heterocycles. The largest absolute Gasteiger partial charge is 0.452 e. The fourth-order valence-electron chi connectivity index (χ4n) is 2.57. The Morgan fingerprint density at radius 1 is 0.815 bits per heavy atom. The number of esters is 1. The van der Waals surface area contributed by atoms with E-state index in [2.05, 4.69) is 10.6 Å². The van der Waals surface area contributed by atoms with Crippen molar-refractivity contribution in [2.75, 3.05) is 17.2 Å². The zero-order valence-electron chi connectivity index (χ0n) is 14.7. The third kappa shape index (κ3) is 4.92. The molecule has 6 heteroatoms. The van der Waals surface area contributed by atoms with E-state index in [9.17, 15) is 14.4 Å². The van der Waals surface area contributed by atoms with Crippen molar-refractivity contribution in [2.45, 2.75) is 6.92 Å². The third-order valence-corrected chi connectivity index (χ3v) is 3.81. The number of hydrogen-bond acceptors (Lipinski definition) is 4. The van der Waals surface area contributed by atoms with Crippen LogP contribution in [0.15, 0.2) is 66.7 Å². The monoisotopic (exact) mass is 362 g/mol. The zero-order chi connectivity index (χ0) is 19.2. The van der Waals surface area contributed by atoms with Gasteiger partial charge in [0.15, 0.2) is 6.61 Å². The Morgan fingerprint density at radius 3 is 2.19 bits per heavy atom. The van der Waals surface area contributed by atoms with Crippen LogP contribution >= 0.6 is 0 Å². The van der Waals surface area contributed by atoms with Crippen molar-refractivity contribution in [1.82, 2.24) is 0 Å². The van der Waals surface area contributed by atoms with Gasteiger partial charge in [0.1, 0.15) is 0 Å². The molecule has 27 heavy (non-hydrogen) atoms. The van der Waals surface area contributed by atoms with Gasteiger partial charge in [0.05, 0.1) is 5.56 Å². The molecule has 0 heterocycles. The van der Waals surface area contributed by atoms with Crippen LogP contribution in [0.2, 0.25) is 0 Å². The third-order valence-electron chi connectivity index (χ3n) is 3.81. The minimum Gasteiger partial charge on any atom is -0.452 e. The minimum atomic E-state index is -0.613. The highest BCUT2D eigenvalue weighted by Gasteiger charge is 2.11. The summed E-state index contributed by atoms with van der Waals surface area (Å²) in [5.74, 6) is -1.23. The summed E-state index contributed by atoms with van der Waals surface area (Å²) in [6.45, 7) is 1.01. The molecule has 0 aliphatic carbocycles. The molecular weight excluding hydrogens is 344 g/mol. The normalized spacial score (nSPS) is 10.3. The van der Waals surface area contributed by atoms with Gasteiger partial charge in [-0.05, 0) is 47.2 Å². The van der Waals surface area contributed by atoms with Gasteiger partial charge in [-0.3, -0.25) is 9.59 Å². The smallest absolute Gasteiger partial charge is 0.338 e. The molecule has 3 aromatic carbocycles. The summed E-state index contributed by atoms with van der Waals surface area (Å²) >= 11 is 0. The lowest BCUT2D eigenvalue weighted by molar-refractivity contribution is -0.119. The number of carbonyl (C=O) groups is 3. The highest BCUT2D eigenvalue weighted by Crippen LogP contribution is 2.18. The maximum absolute atomic E-state index is 12.0. The maximum Gasteiger partial charge on any atom is 0.338 e. The van der Waals surface area contributed by atoms with Gasteiger partial charge in [0.25, 0.3) is 5.91 Å². The standard InChI is InChI=1S/C21H18N2O4/c1-14(24)22-18-9-7-16(8-10-18)21(26)27-13-20(25)23-19-11-6-15-4-2-3-5-17(15)12-19/h2-12H,13H2,1H3,(H,22,24)(H,23,25). The van der Waals surface area contributed by atoms with Crippen LogP contribution in [-0.2, 0) is 14.3 Å². The number of amides is 2. The van der Waals surface area contributed by atoms with Crippen LogP contribution in [0.3, 0.4) is 0 Å². The molecule has 0 aliphatic rings. The molecule has 0 atom stereocenters. The van der Waals surface area contributed by atoms with E-state index in [1.54, 1.807) is 18.2 Å². The molecule has 3 aromatic rings. The highest BCUT2D eigenvalue weighted by molar-refractivity contribution is 5.97. The SMILES string of the molecule is CC(=O)Nc1ccc(C(=O)OCC(=O)Nc2ccc3ccccc3c2)cc1. The Hall–Kier alpha value is -3.67. The van der Waals surface area contributed by atoms with E-state index >= 15 is 0 Å². The van der Waals surface area contributed by atoms with Crippen molar-refractivity contribution < 1.29 is 19.1 Å². The summed E-state index contributed by atoms with van der Waals surface area (Å²) in [6, 6.07) is 19.6. The molecule has 0 bridgehead atoms. The first-order valence-corrected chi connectivity index (χ1v) is 8.35. The molecule has 3 rings (SSSR count). The second-order valence-electron chi connectivity index (χ2n) is 5.94. The average Bonchev–Trinajstić information content (AvgIpc) is 2.66. The van der Waals surface area contributed by atoms with Crippen LogP contribution in [-0.4, -0.2) is 24.4 Å². The zero-order valence-corrected chi connectivity index (χ0v) is 14.7. The van der Waals surface area contributed by atoms with Gasteiger partial charge in [-0.1, -0.05) is 30.3 Å². The van der Waals surface area contributed by atoms with Crippen molar-refractivity contribution >= 4 is 39.9 Å². The molecule has 0 spiro atoms. The Balaban J connectivity index is 1.54. The van der Waals surface area contributed by atoms with Gasteiger partial charge in [-0.15, -0.1) is 0 Å². The van der Waals surface area contributed by atoms with E-state index in [4.69, 9.17) is 4.74 Å². The summed E-state index contributed by atoms with van der Waals surface area (Å²) < 4.78 is 5.03. The van der Waals surface area contributed by atoms with Crippen molar-refractivity contribution in [1.29, 1.82) is 0 Å². The van der Waals surface area contributed by atoms with Gasteiger partial charge in [-0.25, -0.2) is 4.79 Å².